The van der Waals surface area contributed by atoms with E-state index in [0.29, 0.717) is 35.8 Å². The quantitative estimate of drug-likeness (QED) is 0.513. The minimum absolute atomic E-state index is 0.000363. The Morgan fingerprint density at radius 3 is 2.75 bits per heavy atom. The monoisotopic (exact) mass is 479 g/mol. The van der Waals surface area contributed by atoms with Crippen LogP contribution in [-0.4, -0.2) is 29.0 Å². The largest absolute Gasteiger partial charge is 0.420 e. The number of carbonyl (C=O) groups excluding carboxylic acids is 1. The summed E-state index contributed by atoms with van der Waals surface area (Å²) in [6.07, 6.45) is -2.48. The van der Waals surface area contributed by atoms with Gasteiger partial charge in [-0.2, -0.15) is 13.2 Å². The van der Waals surface area contributed by atoms with Crippen molar-refractivity contribution in [2.75, 3.05) is 18.4 Å². The fourth-order valence-electron chi connectivity index (χ4n) is 3.86. The zero-order valence-electron chi connectivity index (χ0n) is 16.6. The number of carbonyl (C=O) groups is 1. The van der Waals surface area contributed by atoms with Crippen LogP contribution in [0.2, 0.25) is 5.02 Å². The first-order chi connectivity index (χ1) is 15.3. The van der Waals surface area contributed by atoms with Crippen LogP contribution < -0.4 is 16.0 Å². The first-order valence-electron chi connectivity index (χ1n) is 9.94. The van der Waals surface area contributed by atoms with Crippen molar-refractivity contribution >= 4 is 40.5 Å². The van der Waals surface area contributed by atoms with Gasteiger partial charge in [-0.15, -0.1) is 11.3 Å². The predicted octanol–water partition coefficient (Wildman–Crippen LogP) is 4.55. The minimum atomic E-state index is -4.64. The maximum absolute atomic E-state index is 13.7. The summed E-state index contributed by atoms with van der Waals surface area (Å²) in [5.41, 5.74) is 1.90. The number of thiophene rings is 1. The van der Waals surface area contributed by atoms with Crippen LogP contribution in [-0.2, 0) is 25.6 Å². The summed E-state index contributed by atoms with van der Waals surface area (Å²) < 4.78 is 41.1. The Morgan fingerprint density at radius 1 is 1.12 bits per heavy atom. The third-order valence-electron chi connectivity index (χ3n) is 5.44. The maximum atomic E-state index is 13.7. The van der Waals surface area contributed by atoms with Crippen molar-refractivity contribution in [1.82, 2.24) is 20.6 Å². The van der Waals surface area contributed by atoms with Gasteiger partial charge in [-0.1, -0.05) is 11.6 Å². The van der Waals surface area contributed by atoms with Crippen LogP contribution in [0, 0.1) is 0 Å². The standard InChI is InChI=1S/C21H17ClF3N5OS/c22-14-5-11-8-26-3-1-10(11)6-15(14)29-20-28-9-13(21(23,24)25)18(30-20)17-7-12-16(32-17)2-4-27-19(12)31/h5-7,9,26H,1-4,8H2,(H,27,31)(H,28,29,30). The van der Waals surface area contributed by atoms with Gasteiger partial charge < -0.3 is 16.0 Å². The number of amides is 1. The summed E-state index contributed by atoms with van der Waals surface area (Å²) in [7, 11) is 0. The molecule has 166 valence electrons. The number of rotatable bonds is 3. The van der Waals surface area contributed by atoms with E-state index in [-0.39, 0.29) is 22.4 Å². The SMILES string of the molecule is O=C1NCCc2sc(-c3nc(Nc4cc5c(cc4Cl)CNCC5)ncc3C(F)(F)F)cc21. The molecule has 2 aliphatic rings. The zero-order chi connectivity index (χ0) is 22.5. The van der Waals surface area contributed by atoms with Gasteiger partial charge in [0.1, 0.15) is 5.56 Å². The second-order valence-electron chi connectivity index (χ2n) is 7.56. The van der Waals surface area contributed by atoms with Crippen molar-refractivity contribution in [1.29, 1.82) is 0 Å². The maximum Gasteiger partial charge on any atom is 0.420 e. The molecule has 6 nitrogen and oxygen atoms in total. The highest BCUT2D eigenvalue weighted by Gasteiger charge is 2.36. The van der Waals surface area contributed by atoms with E-state index < -0.39 is 11.7 Å². The van der Waals surface area contributed by atoms with E-state index in [1.165, 1.54) is 6.07 Å². The Bertz CT molecular complexity index is 1230. The molecule has 0 unspecified atom stereocenters. The molecule has 5 rings (SSSR count). The smallest absolute Gasteiger partial charge is 0.352 e. The molecule has 0 saturated heterocycles. The van der Waals surface area contributed by atoms with Crippen LogP contribution in [0.15, 0.2) is 24.4 Å². The molecule has 4 heterocycles. The Hall–Kier alpha value is -2.69. The predicted molar refractivity (Wildman–Crippen MR) is 117 cm³/mol. The van der Waals surface area contributed by atoms with Crippen LogP contribution in [0.1, 0.15) is 31.9 Å². The van der Waals surface area contributed by atoms with Gasteiger partial charge in [0.2, 0.25) is 5.95 Å². The molecule has 11 heteroatoms. The molecule has 3 N–H and O–H groups in total. The van der Waals surface area contributed by atoms with E-state index in [2.05, 4.69) is 25.9 Å². The van der Waals surface area contributed by atoms with E-state index in [4.69, 9.17) is 11.6 Å². The number of fused-ring (bicyclic) bond motifs is 2. The summed E-state index contributed by atoms with van der Waals surface area (Å²) in [4.78, 5) is 21.2. The van der Waals surface area contributed by atoms with Crippen LogP contribution in [0.5, 0.6) is 0 Å². The topological polar surface area (TPSA) is 78.9 Å². The molecule has 0 atom stereocenters. The van der Waals surface area contributed by atoms with Crippen LogP contribution >= 0.6 is 22.9 Å². The Kier molecular flexibility index (Phi) is 5.31. The lowest BCUT2D eigenvalue weighted by Crippen LogP contribution is -2.30. The van der Waals surface area contributed by atoms with Crippen LogP contribution in [0.25, 0.3) is 10.6 Å². The lowest BCUT2D eigenvalue weighted by atomic mass is 10.0. The number of aromatic nitrogens is 2. The van der Waals surface area contributed by atoms with E-state index >= 15 is 0 Å². The Morgan fingerprint density at radius 2 is 1.97 bits per heavy atom. The molecule has 2 aromatic heterocycles. The number of alkyl halides is 3. The van der Waals surface area contributed by atoms with Crippen molar-refractivity contribution < 1.29 is 18.0 Å². The highest BCUT2D eigenvalue weighted by Crippen LogP contribution is 2.41. The second-order valence-corrected chi connectivity index (χ2v) is 9.10. The van der Waals surface area contributed by atoms with E-state index in [9.17, 15) is 18.0 Å². The van der Waals surface area contributed by atoms with Crippen molar-refractivity contribution in [3.05, 3.63) is 56.5 Å². The molecular formula is C21H17ClF3N5OS. The highest BCUT2D eigenvalue weighted by molar-refractivity contribution is 7.15. The molecule has 0 spiro atoms. The number of nitrogens with zero attached hydrogens (tertiary/aromatic N) is 2. The number of nitrogens with one attached hydrogen (secondary N) is 3. The third kappa shape index (κ3) is 3.94. The fourth-order valence-corrected chi connectivity index (χ4v) is 5.26. The molecule has 32 heavy (non-hydrogen) atoms. The first-order valence-corrected chi connectivity index (χ1v) is 11.1. The van der Waals surface area contributed by atoms with Crippen molar-refractivity contribution in [3.8, 4) is 10.6 Å². The van der Waals surface area contributed by atoms with Crippen molar-refractivity contribution in [2.24, 2.45) is 0 Å². The number of hydrogen-bond donors (Lipinski definition) is 3. The molecule has 0 saturated carbocycles. The van der Waals surface area contributed by atoms with Gasteiger partial charge in [-0.05, 0) is 48.7 Å². The minimum Gasteiger partial charge on any atom is -0.352 e. The summed E-state index contributed by atoms with van der Waals surface area (Å²) >= 11 is 7.54. The Labute approximate surface area is 190 Å². The van der Waals surface area contributed by atoms with Gasteiger partial charge in [0.25, 0.3) is 5.91 Å². The fraction of sp³-hybridized carbons (Fsp3) is 0.286. The lowest BCUT2D eigenvalue weighted by Gasteiger charge is -2.19. The lowest BCUT2D eigenvalue weighted by molar-refractivity contribution is -0.137. The number of anilines is 2. The van der Waals surface area contributed by atoms with Crippen molar-refractivity contribution in [3.63, 3.8) is 0 Å². The molecular weight excluding hydrogens is 463 g/mol. The van der Waals surface area contributed by atoms with Gasteiger partial charge in [0, 0.05) is 24.2 Å². The molecule has 2 aliphatic heterocycles. The molecule has 1 amide bonds. The van der Waals surface area contributed by atoms with E-state index in [0.717, 1.165) is 46.5 Å². The molecule has 0 aliphatic carbocycles. The molecule has 1 aromatic carbocycles. The van der Waals surface area contributed by atoms with Gasteiger partial charge in [-0.3, -0.25) is 4.79 Å². The number of hydrogen-bond acceptors (Lipinski definition) is 6. The van der Waals surface area contributed by atoms with Crippen molar-refractivity contribution in [2.45, 2.75) is 25.6 Å². The van der Waals surface area contributed by atoms with E-state index in [1.807, 2.05) is 12.1 Å². The first kappa shape index (κ1) is 21.2. The molecule has 3 aromatic rings. The average Bonchev–Trinajstić information content (AvgIpc) is 3.19. The van der Waals surface area contributed by atoms with Crippen LogP contribution in [0.4, 0.5) is 24.8 Å². The number of halogens is 4. The van der Waals surface area contributed by atoms with Gasteiger partial charge in [-0.25, -0.2) is 9.97 Å². The summed E-state index contributed by atoms with van der Waals surface area (Å²) in [6, 6.07) is 5.18. The van der Waals surface area contributed by atoms with Gasteiger partial charge in [0.15, 0.2) is 0 Å². The Balaban J connectivity index is 1.55. The van der Waals surface area contributed by atoms with E-state index in [1.54, 1.807) is 0 Å². The molecule has 0 radical (unpaired) electrons. The average molecular weight is 480 g/mol. The number of benzene rings is 1. The normalized spacial score (nSPS) is 15.7. The summed E-state index contributed by atoms with van der Waals surface area (Å²) in [5.74, 6) is -0.287. The summed E-state index contributed by atoms with van der Waals surface area (Å²) in [5, 5.41) is 9.37. The molecule has 0 bridgehead atoms. The second kappa shape index (κ2) is 8.02. The summed E-state index contributed by atoms with van der Waals surface area (Å²) in [6.45, 7) is 2.01. The van der Waals surface area contributed by atoms with Gasteiger partial charge in [0.05, 0.1) is 26.8 Å². The highest BCUT2D eigenvalue weighted by atomic mass is 35.5. The zero-order valence-corrected chi connectivity index (χ0v) is 18.1. The third-order valence-corrected chi connectivity index (χ3v) is 6.96. The van der Waals surface area contributed by atoms with Crippen LogP contribution in [0.3, 0.4) is 0 Å². The van der Waals surface area contributed by atoms with Gasteiger partial charge >= 0.3 is 6.18 Å². The molecule has 0 fully saturated rings.